The smallest absolute Gasteiger partial charge is 0.0323 e. The van der Waals surface area contributed by atoms with E-state index < -0.39 is 0 Å². The van der Waals surface area contributed by atoms with E-state index in [1.54, 1.807) is 0 Å². The van der Waals surface area contributed by atoms with E-state index in [0.29, 0.717) is 6.04 Å². The molecule has 0 bridgehead atoms. The normalized spacial score (nSPS) is 12.5. The zero-order valence-corrected chi connectivity index (χ0v) is 13.9. The Labute approximate surface area is 130 Å². The number of thiophene rings is 1. The Kier molecular flexibility index (Phi) is 6.64. The maximum atomic E-state index is 3.61. The van der Waals surface area contributed by atoms with Gasteiger partial charge in [0, 0.05) is 15.8 Å². The SMILES string of the molecule is CCNC(CCc1cccs1)c1ccc(SCC)cc1. The third kappa shape index (κ3) is 4.65. The van der Waals surface area contributed by atoms with Crippen LogP contribution in [0.2, 0.25) is 0 Å². The molecule has 0 saturated heterocycles. The molecule has 1 heterocycles. The summed E-state index contributed by atoms with van der Waals surface area (Å²) in [6.45, 7) is 5.39. The van der Waals surface area contributed by atoms with Crippen LogP contribution < -0.4 is 5.32 Å². The lowest BCUT2D eigenvalue weighted by Gasteiger charge is -2.18. The Morgan fingerprint density at radius 1 is 1.15 bits per heavy atom. The average Bonchev–Trinajstić information content (AvgIpc) is 2.98. The van der Waals surface area contributed by atoms with E-state index in [1.807, 2.05) is 23.1 Å². The molecule has 0 aliphatic heterocycles. The second-order valence-electron chi connectivity index (χ2n) is 4.73. The highest BCUT2D eigenvalue weighted by Gasteiger charge is 2.10. The van der Waals surface area contributed by atoms with Gasteiger partial charge in [-0.1, -0.05) is 32.0 Å². The summed E-state index contributed by atoms with van der Waals surface area (Å²) in [6.07, 6.45) is 2.31. The molecule has 0 saturated carbocycles. The molecule has 2 rings (SSSR count). The average molecular weight is 306 g/mol. The molecule has 1 aromatic carbocycles. The van der Waals surface area contributed by atoms with Gasteiger partial charge in [-0.2, -0.15) is 0 Å². The van der Waals surface area contributed by atoms with Crippen LogP contribution in [0.25, 0.3) is 0 Å². The topological polar surface area (TPSA) is 12.0 Å². The van der Waals surface area contributed by atoms with Gasteiger partial charge in [0.2, 0.25) is 0 Å². The number of benzene rings is 1. The quantitative estimate of drug-likeness (QED) is 0.677. The van der Waals surface area contributed by atoms with Gasteiger partial charge in [0.15, 0.2) is 0 Å². The zero-order valence-electron chi connectivity index (χ0n) is 12.3. The van der Waals surface area contributed by atoms with Crippen molar-refractivity contribution in [2.75, 3.05) is 12.3 Å². The summed E-state index contributed by atoms with van der Waals surface area (Å²) in [4.78, 5) is 2.84. The van der Waals surface area contributed by atoms with Crippen LogP contribution >= 0.6 is 23.1 Å². The van der Waals surface area contributed by atoms with Gasteiger partial charge >= 0.3 is 0 Å². The van der Waals surface area contributed by atoms with Crippen molar-refractivity contribution in [1.29, 1.82) is 0 Å². The van der Waals surface area contributed by atoms with Gasteiger partial charge in [-0.3, -0.25) is 0 Å². The Morgan fingerprint density at radius 3 is 2.55 bits per heavy atom. The minimum absolute atomic E-state index is 0.461. The van der Waals surface area contributed by atoms with Crippen molar-refractivity contribution in [1.82, 2.24) is 5.32 Å². The number of thioether (sulfide) groups is 1. The van der Waals surface area contributed by atoms with E-state index in [9.17, 15) is 0 Å². The molecule has 1 N–H and O–H groups in total. The van der Waals surface area contributed by atoms with E-state index in [1.165, 1.54) is 15.3 Å². The molecule has 0 radical (unpaired) electrons. The highest BCUT2D eigenvalue weighted by Crippen LogP contribution is 2.24. The van der Waals surface area contributed by atoms with E-state index >= 15 is 0 Å². The fourth-order valence-corrected chi connectivity index (χ4v) is 3.72. The molecule has 20 heavy (non-hydrogen) atoms. The summed E-state index contributed by atoms with van der Waals surface area (Å²) in [6, 6.07) is 13.9. The first kappa shape index (κ1) is 15.6. The van der Waals surface area contributed by atoms with Crippen molar-refractivity contribution in [3.8, 4) is 0 Å². The first-order valence-electron chi connectivity index (χ1n) is 7.32. The zero-order chi connectivity index (χ0) is 14.2. The summed E-state index contributed by atoms with van der Waals surface area (Å²) < 4.78 is 0. The lowest BCUT2D eigenvalue weighted by Crippen LogP contribution is -2.21. The molecule has 1 atom stereocenters. The van der Waals surface area contributed by atoms with Crippen LogP contribution in [0.3, 0.4) is 0 Å². The maximum absolute atomic E-state index is 3.61. The van der Waals surface area contributed by atoms with Gasteiger partial charge < -0.3 is 5.32 Å². The Hall–Kier alpha value is -0.770. The van der Waals surface area contributed by atoms with Gasteiger partial charge in [0.1, 0.15) is 0 Å². The second kappa shape index (κ2) is 8.50. The maximum Gasteiger partial charge on any atom is 0.0323 e. The van der Waals surface area contributed by atoms with Crippen molar-refractivity contribution in [3.63, 3.8) is 0 Å². The first-order chi connectivity index (χ1) is 9.83. The van der Waals surface area contributed by atoms with Gasteiger partial charge in [0.05, 0.1) is 0 Å². The molecule has 0 aliphatic carbocycles. The minimum atomic E-state index is 0.461. The summed E-state index contributed by atoms with van der Waals surface area (Å²) in [7, 11) is 0. The molecule has 1 unspecified atom stereocenters. The van der Waals surface area contributed by atoms with Crippen LogP contribution in [0, 0.1) is 0 Å². The third-order valence-corrected chi connectivity index (χ3v) is 5.13. The van der Waals surface area contributed by atoms with Gasteiger partial charge in [-0.25, -0.2) is 0 Å². The van der Waals surface area contributed by atoms with Crippen molar-refractivity contribution < 1.29 is 0 Å². The fourth-order valence-electron chi connectivity index (χ4n) is 2.34. The molecular weight excluding hydrogens is 282 g/mol. The lowest BCUT2D eigenvalue weighted by molar-refractivity contribution is 0.517. The Balaban J connectivity index is 1.99. The van der Waals surface area contributed by atoms with Crippen molar-refractivity contribution in [2.24, 2.45) is 0 Å². The van der Waals surface area contributed by atoms with Gasteiger partial charge in [0.25, 0.3) is 0 Å². The number of nitrogens with one attached hydrogen (secondary N) is 1. The standard InChI is InChI=1S/C17H23NS2/c1-3-18-17(12-11-15-6-5-13-20-15)14-7-9-16(10-8-14)19-4-2/h5-10,13,17-18H,3-4,11-12H2,1-2H3. The van der Waals surface area contributed by atoms with Crippen LogP contribution in [0.5, 0.6) is 0 Å². The summed E-state index contributed by atoms with van der Waals surface area (Å²) >= 11 is 3.76. The van der Waals surface area contributed by atoms with Crippen molar-refractivity contribution >= 4 is 23.1 Å². The minimum Gasteiger partial charge on any atom is -0.310 e. The van der Waals surface area contributed by atoms with Crippen molar-refractivity contribution in [2.45, 2.75) is 37.6 Å². The second-order valence-corrected chi connectivity index (χ2v) is 7.10. The number of hydrogen-bond donors (Lipinski definition) is 1. The number of hydrogen-bond acceptors (Lipinski definition) is 3. The van der Waals surface area contributed by atoms with E-state index in [4.69, 9.17) is 0 Å². The van der Waals surface area contributed by atoms with E-state index in [2.05, 4.69) is 60.9 Å². The first-order valence-corrected chi connectivity index (χ1v) is 9.18. The van der Waals surface area contributed by atoms with Crippen molar-refractivity contribution in [3.05, 3.63) is 52.2 Å². The molecule has 2 aromatic rings. The molecule has 0 amide bonds. The highest BCUT2D eigenvalue weighted by molar-refractivity contribution is 7.99. The fraction of sp³-hybridized carbons (Fsp3) is 0.412. The monoisotopic (exact) mass is 305 g/mol. The molecule has 0 spiro atoms. The third-order valence-electron chi connectivity index (χ3n) is 3.30. The summed E-state index contributed by atoms with van der Waals surface area (Å²) in [5, 5.41) is 5.77. The van der Waals surface area contributed by atoms with E-state index in [0.717, 1.165) is 25.1 Å². The lowest BCUT2D eigenvalue weighted by atomic mass is 10.0. The number of rotatable bonds is 8. The van der Waals surface area contributed by atoms with Crippen LogP contribution in [0.4, 0.5) is 0 Å². The Morgan fingerprint density at radius 2 is 1.95 bits per heavy atom. The van der Waals surface area contributed by atoms with E-state index in [-0.39, 0.29) is 0 Å². The van der Waals surface area contributed by atoms with Crippen LogP contribution in [-0.4, -0.2) is 12.3 Å². The predicted molar refractivity (Wildman–Crippen MR) is 91.9 cm³/mol. The molecule has 0 fully saturated rings. The number of aryl methyl sites for hydroxylation is 1. The van der Waals surface area contributed by atoms with Gasteiger partial charge in [-0.05, 0) is 54.3 Å². The highest BCUT2D eigenvalue weighted by atomic mass is 32.2. The molecule has 1 aromatic heterocycles. The van der Waals surface area contributed by atoms with Gasteiger partial charge in [-0.15, -0.1) is 23.1 Å². The Bertz CT molecular complexity index is 476. The van der Waals surface area contributed by atoms with Crippen LogP contribution in [0.1, 0.15) is 36.8 Å². The molecule has 1 nitrogen and oxygen atoms in total. The molecular formula is C17H23NS2. The summed E-state index contributed by atoms with van der Waals surface area (Å²) in [5.74, 6) is 1.13. The molecule has 108 valence electrons. The molecule has 0 aliphatic rings. The van der Waals surface area contributed by atoms with Crippen LogP contribution in [0.15, 0.2) is 46.7 Å². The van der Waals surface area contributed by atoms with Crippen LogP contribution in [-0.2, 0) is 6.42 Å². The largest absolute Gasteiger partial charge is 0.310 e. The predicted octanol–water partition coefficient (Wildman–Crippen LogP) is 5.14. The molecule has 3 heteroatoms. The summed E-state index contributed by atoms with van der Waals surface area (Å²) in [5.41, 5.74) is 1.41.